The number of anilines is 1. The molecule has 0 radical (unpaired) electrons. The van der Waals surface area contributed by atoms with Crippen LogP contribution in [0, 0.1) is 0 Å². The van der Waals surface area contributed by atoms with E-state index in [0.29, 0.717) is 17.7 Å². The van der Waals surface area contributed by atoms with Crippen molar-refractivity contribution in [2.75, 3.05) is 17.8 Å². The fourth-order valence-electron chi connectivity index (χ4n) is 3.91. The molecule has 7 nitrogen and oxygen atoms in total. The van der Waals surface area contributed by atoms with Gasteiger partial charge in [0.15, 0.2) is 9.84 Å². The van der Waals surface area contributed by atoms with Crippen LogP contribution in [0.15, 0.2) is 83.9 Å². The molecule has 4 rings (SSSR count). The van der Waals surface area contributed by atoms with Crippen LogP contribution in [0.3, 0.4) is 0 Å². The Balaban J connectivity index is 1.71. The van der Waals surface area contributed by atoms with Gasteiger partial charge in [0.25, 0.3) is 5.91 Å². The van der Waals surface area contributed by atoms with E-state index in [1.165, 1.54) is 18.4 Å². The van der Waals surface area contributed by atoms with Gasteiger partial charge in [0.1, 0.15) is 9.84 Å². The highest BCUT2D eigenvalue weighted by Crippen LogP contribution is 2.30. The maximum Gasteiger partial charge on any atom is 0.255 e. The van der Waals surface area contributed by atoms with Crippen molar-refractivity contribution in [1.29, 1.82) is 0 Å². The molecule has 0 spiro atoms. The summed E-state index contributed by atoms with van der Waals surface area (Å²) in [6.07, 6.45) is 4.39. The van der Waals surface area contributed by atoms with E-state index in [1.54, 1.807) is 43.5 Å². The highest BCUT2D eigenvalue weighted by molar-refractivity contribution is 7.91. The fourth-order valence-corrected chi connectivity index (χ4v) is 5.07. The van der Waals surface area contributed by atoms with Crippen LogP contribution in [-0.2, 0) is 26.1 Å². The second kappa shape index (κ2) is 9.83. The molecule has 1 heterocycles. The first kappa shape index (κ1) is 25.5. The Hall–Kier alpha value is -3.56. The number of hydrogen-bond acceptors (Lipinski definition) is 6. The summed E-state index contributed by atoms with van der Waals surface area (Å²) in [5, 5.41) is 3.09. The van der Waals surface area contributed by atoms with Crippen LogP contribution in [0.1, 0.15) is 22.8 Å². The van der Waals surface area contributed by atoms with Crippen molar-refractivity contribution in [3.8, 4) is 11.1 Å². The third-order valence-electron chi connectivity index (χ3n) is 5.97. The molecule has 0 aliphatic heterocycles. The van der Waals surface area contributed by atoms with E-state index in [0.717, 1.165) is 33.8 Å². The Kier molecular flexibility index (Phi) is 6.97. The number of aromatic nitrogens is 1. The van der Waals surface area contributed by atoms with Crippen LogP contribution < -0.4 is 5.32 Å². The molecule has 0 aliphatic carbocycles. The Bertz CT molecular complexity index is 1680. The minimum absolute atomic E-state index is 0.117. The largest absolute Gasteiger partial charge is 0.322 e. The normalized spacial score (nSPS) is 12.9. The summed E-state index contributed by atoms with van der Waals surface area (Å²) in [6.45, 7) is 1.69. The zero-order chi connectivity index (χ0) is 26.1. The zero-order valence-electron chi connectivity index (χ0n) is 20.1. The van der Waals surface area contributed by atoms with Crippen molar-refractivity contribution >= 4 is 42.2 Å². The van der Waals surface area contributed by atoms with Gasteiger partial charge >= 0.3 is 0 Å². The van der Waals surface area contributed by atoms with Gasteiger partial charge in [-0.2, -0.15) is 0 Å². The molecule has 0 aliphatic rings. The van der Waals surface area contributed by atoms with Crippen LogP contribution in [0.2, 0.25) is 0 Å². The first-order valence-corrected chi connectivity index (χ1v) is 15.0. The van der Waals surface area contributed by atoms with E-state index in [-0.39, 0.29) is 10.8 Å². The predicted octanol–water partition coefficient (Wildman–Crippen LogP) is 4.53. The van der Waals surface area contributed by atoms with Gasteiger partial charge in [-0.1, -0.05) is 24.3 Å². The molecule has 1 aromatic heterocycles. The highest BCUT2D eigenvalue weighted by atomic mass is 32.2. The number of nitrogens with zero attached hydrogens (tertiary/aromatic N) is 1. The van der Waals surface area contributed by atoms with E-state index in [9.17, 15) is 21.6 Å². The lowest BCUT2D eigenvalue weighted by atomic mass is 9.96. The molecule has 36 heavy (non-hydrogen) atoms. The monoisotopic (exact) mass is 522 g/mol. The minimum atomic E-state index is -3.41. The van der Waals surface area contributed by atoms with Gasteiger partial charge in [-0.3, -0.25) is 9.78 Å². The lowest BCUT2D eigenvalue weighted by Gasteiger charge is -2.14. The smallest absolute Gasteiger partial charge is 0.255 e. The Labute approximate surface area is 211 Å². The summed E-state index contributed by atoms with van der Waals surface area (Å²) in [5.74, 6) is -0.387. The van der Waals surface area contributed by atoms with E-state index >= 15 is 0 Å². The van der Waals surface area contributed by atoms with Gasteiger partial charge in [0.2, 0.25) is 0 Å². The number of amides is 1. The molecule has 0 fully saturated rings. The minimum Gasteiger partial charge on any atom is -0.322 e. The average molecular weight is 523 g/mol. The van der Waals surface area contributed by atoms with Crippen LogP contribution in [0.5, 0.6) is 0 Å². The molecule has 1 atom stereocenters. The molecule has 186 valence electrons. The summed E-state index contributed by atoms with van der Waals surface area (Å²) in [7, 11) is -6.61. The molecule has 4 aromatic rings. The van der Waals surface area contributed by atoms with E-state index in [2.05, 4.69) is 10.3 Å². The highest BCUT2D eigenvalue weighted by Gasteiger charge is 2.18. The Morgan fingerprint density at radius 3 is 2.39 bits per heavy atom. The maximum absolute atomic E-state index is 13.0. The van der Waals surface area contributed by atoms with Gasteiger partial charge in [0, 0.05) is 40.9 Å². The summed E-state index contributed by atoms with van der Waals surface area (Å²) < 4.78 is 47.7. The number of carbonyl (C=O) groups excluding carboxylic acids is 1. The SMILES string of the molecule is CC(Cc1cc(-c2cccc(C(=O)Nc3cccc(S(C)(=O)=O)c3)c2)c2ncccc2c1)S(C)(=O)=O. The Morgan fingerprint density at radius 1 is 0.917 bits per heavy atom. The van der Waals surface area contributed by atoms with Crippen LogP contribution in [0.4, 0.5) is 5.69 Å². The van der Waals surface area contributed by atoms with Crippen molar-refractivity contribution in [3.63, 3.8) is 0 Å². The maximum atomic E-state index is 13.0. The third-order valence-corrected chi connectivity index (χ3v) is 8.71. The number of hydrogen-bond donors (Lipinski definition) is 1. The molecule has 1 amide bonds. The standard InChI is InChI=1S/C27H26N2O5S2/c1-18(35(2,31)32)13-19-14-21-9-6-12-28-26(21)25(15-19)20-7-4-8-22(16-20)27(30)29-23-10-5-11-24(17-23)36(3,33)34/h4-12,14-18H,13H2,1-3H3,(H,29,30). The molecule has 3 aromatic carbocycles. The number of benzene rings is 3. The number of carbonyl (C=O) groups is 1. The topological polar surface area (TPSA) is 110 Å². The van der Waals surface area contributed by atoms with E-state index < -0.39 is 24.9 Å². The molecular formula is C27H26N2O5S2. The first-order chi connectivity index (χ1) is 16.9. The van der Waals surface area contributed by atoms with Crippen LogP contribution in [-0.4, -0.2) is 45.5 Å². The molecule has 0 saturated heterocycles. The second-order valence-electron chi connectivity index (χ2n) is 8.90. The van der Waals surface area contributed by atoms with Crippen LogP contribution >= 0.6 is 0 Å². The number of pyridine rings is 1. The molecule has 9 heteroatoms. The predicted molar refractivity (Wildman–Crippen MR) is 143 cm³/mol. The van der Waals surface area contributed by atoms with Crippen molar-refractivity contribution in [2.24, 2.45) is 0 Å². The second-order valence-corrected chi connectivity index (χ2v) is 13.4. The molecular weight excluding hydrogens is 496 g/mol. The quantitative estimate of drug-likeness (QED) is 0.382. The van der Waals surface area contributed by atoms with Gasteiger partial charge in [-0.05, 0) is 73.0 Å². The lowest BCUT2D eigenvalue weighted by molar-refractivity contribution is 0.102. The molecule has 0 saturated carbocycles. The molecule has 0 bridgehead atoms. The van der Waals surface area contributed by atoms with E-state index in [1.807, 2.05) is 30.3 Å². The van der Waals surface area contributed by atoms with Gasteiger partial charge < -0.3 is 5.32 Å². The Morgan fingerprint density at radius 2 is 1.67 bits per heavy atom. The van der Waals surface area contributed by atoms with Gasteiger partial charge in [0.05, 0.1) is 15.7 Å². The van der Waals surface area contributed by atoms with Gasteiger partial charge in [-0.25, -0.2) is 16.8 Å². The van der Waals surface area contributed by atoms with Crippen molar-refractivity contribution in [3.05, 3.63) is 90.1 Å². The summed E-state index contributed by atoms with van der Waals surface area (Å²) in [6, 6.07) is 20.7. The number of sulfone groups is 2. The first-order valence-electron chi connectivity index (χ1n) is 11.2. The zero-order valence-corrected chi connectivity index (χ0v) is 21.7. The van der Waals surface area contributed by atoms with Gasteiger partial charge in [-0.15, -0.1) is 0 Å². The number of nitrogens with one attached hydrogen (secondary N) is 1. The van der Waals surface area contributed by atoms with Crippen molar-refractivity contribution in [2.45, 2.75) is 23.5 Å². The summed E-state index contributed by atoms with van der Waals surface area (Å²) >= 11 is 0. The fraction of sp³-hybridized carbons (Fsp3) is 0.185. The van der Waals surface area contributed by atoms with Crippen LogP contribution in [0.25, 0.3) is 22.0 Å². The van der Waals surface area contributed by atoms with Crippen molar-refractivity contribution in [1.82, 2.24) is 4.98 Å². The van der Waals surface area contributed by atoms with Crippen molar-refractivity contribution < 1.29 is 21.6 Å². The molecule has 1 unspecified atom stereocenters. The third kappa shape index (κ3) is 5.80. The molecule has 1 N–H and O–H groups in total. The number of fused-ring (bicyclic) bond motifs is 1. The number of rotatable bonds is 7. The lowest BCUT2D eigenvalue weighted by Crippen LogP contribution is -2.18. The summed E-state index contributed by atoms with van der Waals surface area (Å²) in [5.41, 5.74) is 3.90. The average Bonchev–Trinajstić information content (AvgIpc) is 2.82. The summed E-state index contributed by atoms with van der Waals surface area (Å²) in [4.78, 5) is 17.6. The van der Waals surface area contributed by atoms with E-state index in [4.69, 9.17) is 0 Å².